The summed E-state index contributed by atoms with van der Waals surface area (Å²) in [7, 11) is 1.66. The predicted molar refractivity (Wildman–Crippen MR) is 94.6 cm³/mol. The summed E-state index contributed by atoms with van der Waals surface area (Å²) in [6.07, 6.45) is 0. The molecule has 0 aliphatic carbocycles. The highest BCUT2D eigenvalue weighted by atomic mass is 32.1. The summed E-state index contributed by atoms with van der Waals surface area (Å²) < 4.78 is 43.2. The Balaban J connectivity index is 1.66. The van der Waals surface area contributed by atoms with Gasteiger partial charge in [0, 0.05) is 18.8 Å². The number of nitrogens with zero attached hydrogens (tertiary/aromatic N) is 2. The molecule has 5 nitrogen and oxygen atoms in total. The Morgan fingerprint density at radius 2 is 2.08 bits per heavy atom. The van der Waals surface area contributed by atoms with Crippen molar-refractivity contribution in [2.45, 2.75) is 6.61 Å². The first-order chi connectivity index (χ1) is 12.4. The lowest BCUT2D eigenvalue weighted by atomic mass is 10.3. The predicted octanol–water partition coefficient (Wildman–Crippen LogP) is 4.11. The van der Waals surface area contributed by atoms with Crippen LogP contribution >= 0.6 is 11.3 Å². The minimum Gasteiger partial charge on any atom is -0.435 e. The molecule has 0 saturated carbocycles. The molecule has 0 saturated heterocycles. The van der Waals surface area contributed by atoms with Gasteiger partial charge in [0.05, 0.1) is 11.2 Å². The third-order valence-electron chi connectivity index (χ3n) is 3.41. The van der Waals surface area contributed by atoms with Gasteiger partial charge in [-0.1, -0.05) is 23.5 Å². The molecule has 9 heteroatoms. The van der Waals surface area contributed by atoms with Gasteiger partial charge in [-0.15, -0.1) is 0 Å². The molecule has 0 atom stereocenters. The number of aromatic nitrogens is 1. The van der Waals surface area contributed by atoms with Crippen LogP contribution in [-0.4, -0.2) is 31.1 Å². The molecule has 0 radical (unpaired) electrons. The zero-order chi connectivity index (χ0) is 18.7. The van der Waals surface area contributed by atoms with Gasteiger partial charge in [0.25, 0.3) is 0 Å². The third kappa shape index (κ3) is 4.23. The number of rotatable bonds is 6. The molecule has 0 unspecified atom stereocenters. The number of hydrogen-bond donors (Lipinski definition) is 1. The second kappa shape index (κ2) is 7.61. The normalized spacial score (nSPS) is 11.0. The molecule has 3 rings (SSSR count). The summed E-state index contributed by atoms with van der Waals surface area (Å²) in [5, 5.41) is 3.09. The Hall–Kier alpha value is -2.81. The van der Waals surface area contributed by atoms with Crippen LogP contribution in [0.15, 0.2) is 42.5 Å². The van der Waals surface area contributed by atoms with Crippen molar-refractivity contribution in [1.29, 1.82) is 0 Å². The van der Waals surface area contributed by atoms with Crippen LogP contribution in [0.4, 0.5) is 24.0 Å². The van der Waals surface area contributed by atoms with E-state index in [2.05, 4.69) is 15.0 Å². The first-order valence-electron chi connectivity index (χ1n) is 7.53. The molecule has 0 spiro atoms. The summed E-state index contributed by atoms with van der Waals surface area (Å²) in [6.45, 7) is -2.98. The standard InChI is InChI=1S/C17H14F3N3O2S/c1-23(17-22-15-12(18)6-3-7-13(15)26-17)9-14(24)21-10-4-2-5-11(8-10)25-16(19)20/h2-8,16H,9H2,1H3,(H,21,24). The number of fused-ring (bicyclic) bond motifs is 1. The van der Waals surface area contributed by atoms with Gasteiger partial charge in [-0.25, -0.2) is 9.37 Å². The summed E-state index contributed by atoms with van der Waals surface area (Å²) in [5.74, 6) is -0.840. The van der Waals surface area contributed by atoms with E-state index in [4.69, 9.17) is 0 Å². The lowest BCUT2D eigenvalue weighted by Gasteiger charge is -2.15. The molecule has 0 bridgehead atoms. The van der Waals surface area contributed by atoms with E-state index in [1.54, 1.807) is 30.1 Å². The van der Waals surface area contributed by atoms with E-state index in [1.165, 1.54) is 35.6 Å². The Labute approximate surface area is 151 Å². The van der Waals surface area contributed by atoms with Crippen LogP contribution in [0.5, 0.6) is 5.75 Å². The van der Waals surface area contributed by atoms with Crippen molar-refractivity contribution in [2.75, 3.05) is 23.8 Å². The summed E-state index contributed by atoms with van der Waals surface area (Å²) in [6, 6.07) is 10.4. The minimum atomic E-state index is -2.94. The average molecular weight is 381 g/mol. The Morgan fingerprint density at radius 3 is 2.81 bits per heavy atom. The highest BCUT2D eigenvalue weighted by molar-refractivity contribution is 7.22. The van der Waals surface area contributed by atoms with Crippen LogP contribution in [-0.2, 0) is 4.79 Å². The number of carbonyl (C=O) groups excluding carboxylic acids is 1. The number of likely N-dealkylation sites (N-methyl/N-ethyl adjacent to an activating group) is 1. The van der Waals surface area contributed by atoms with E-state index in [0.29, 0.717) is 15.5 Å². The van der Waals surface area contributed by atoms with Gasteiger partial charge in [0.15, 0.2) is 5.13 Å². The lowest BCUT2D eigenvalue weighted by molar-refractivity contribution is -0.114. The van der Waals surface area contributed by atoms with E-state index in [-0.39, 0.29) is 23.7 Å². The molecule has 1 aromatic heterocycles. The third-order valence-corrected chi connectivity index (χ3v) is 4.54. The second-order valence-corrected chi connectivity index (χ2v) is 6.40. The quantitative estimate of drug-likeness (QED) is 0.698. The molecule has 1 heterocycles. The second-order valence-electron chi connectivity index (χ2n) is 5.39. The number of ether oxygens (including phenoxy) is 1. The molecular formula is C17H14F3N3O2S. The van der Waals surface area contributed by atoms with Crippen molar-refractivity contribution >= 4 is 38.3 Å². The molecule has 3 aromatic rings. The molecule has 0 fully saturated rings. The van der Waals surface area contributed by atoms with Crippen LogP contribution < -0.4 is 15.0 Å². The maximum atomic E-state index is 13.7. The van der Waals surface area contributed by atoms with Crippen LogP contribution in [0.25, 0.3) is 10.2 Å². The fourth-order valence-corrected chi connectivity index (χ4v) is 3.24. The Kier molecular flexibility index (Phi) is 5.27. The van der Waals surface area contributed by atoms with E-state index < -0.39 is 12.4 Å². The van der Waals surface area contributed by atoms with E-state index in [1.807, 2.05) is 0 Å². The number of carbonyl (C=O) groups is 1. The maximum Gasteiger partial charge on any atom is 0.387 e. The van der Waals surface area contributed by atoms with Crippen LogP contribution in [0.2, 0.25) is 0 Å². The minimum absolute atomic E-state index is 0.0403. The van der Waals surface area contributed by atoms with Crippen LogP contribution in [0.3, 0.4) is 0 Å². The number of alkyl halides is 2. The number of nitrogens with one attached hydrogen (secondary N) is 1. The van der Waals surface area contributed by atoms with Gasteiger partial charge in [-0.05, 0) is 24.3 Å². The van der Waals surface area contributed by atoms with Gasteiger partial charge >= 0.3 is 6.61 Å². The fourth-order valence-electron chi connectivity index (χ4n) is 2.30. The average Bonchev–Trinajstić information content (AvgIpc) is 3.00. The molecule has 1 N–H and O–H groups in total. The van der Waals surface area contributed by atoms with Crippen molar-refractivity contribution in [2.24, 2.45) is 0 Å². The van der Waals surface area contributed by atoms with Gasteiger partial charge in [0.2, 0.25) is 5.91 Å². The number of amides is 1. The number of benzene rings is 2. The summed E-state index contributed by atoms with van der Waals surface area (Å²) >= 11 is 1.27. The van der Waals surface area contributed by atoms with Gasteiger partial charge in [-0.2, -0.15) is 8.78 Å². The highest BCUT2D eigenvalue weighted by Crippen LogP contribution is 2.29. The van der Waals surface area contributed by atoms with Crippen LogP contribution in [0, 0.1) is 5.82 Å². The molecule has 0 aliphatic rings. The molecule has 26 heavy (non-hydrogen) atoms. The number of para-hydroxylation sites is 1. The molecular weight excluding hydrogens is 367 g/mol. The van der Waals surface area contributed by atoms with E-state index >= 15 is 0 Å². The monoisotopic (exact) mass is 381 g/mol. The highest BCUT2D eigenvalue weighted by Gasteiger charge is 2.14. The zero-order valence-corrected chi connectivity index (χ0v) is 14.4. The van der Waals surface area contributed by atoms with Crippen molar-refractivity contribution in [3.05, 3.63) is 48.3 Å². The maximum absolute atomic E-state index is 13.7. The van der Waals surface area contributed by atoms with Crippen molar-refractivity contribution < 1.29 is 22.7 Å². The van der Waals surface area contributed by atoms with Crippen molar-refractivity contribution in [3.63, 3.8) is 0 Å². The van der Waals surface area contributed by atoms with Gasteiger partial charge in [0.1, 0.15) is 17.1 Å². The van der Waals surface area contributed by atoms with Crippen LogP contribution in [0.1, 0.15) is 0 Å². The fraction of sp³-hybridized carbons (Fsp3) is 0.176. The first kappa shape index (κ1) is 18.0. The zero-order valence-electron chi connectivity index (χ0n) is 13.6. The molecule has 0 aliphatic heterocycles. The van der Waals surface area contributed by atoms with Crippen molar-refractivity contribution in [1.82, 2.24) is 4.98 Å². The first-order valence-corrected chi connectivity index (χ1v) is 8.35. The number of hydrogen-bond acceptors (Lipinski definition) is 5. The molecule has 2 aromatic carbocycles. The molecule has 136 valence electrons. The Morgan fingerprint density at radius 1 is 1.31 bits per heavy atom. The van der Waals surface area contributed by atoms with Gasteiger partial charge < -0.3 is 15.0 Å². The summed E-state index contributed by atoms with van der Waals surface area (Å²) in [5.41, 5.74) is 0.591. The van der Waals surface area contributed by atoms with E-state index in [9.17, 15) is 18.0 Å². The summed E-state index contributed by atoms with van der Waals surface area (Å²) in [4.78, 5) is 18.0. The topological polar surface area (TPSA) is 54.5 Å². The molecule has 1 amide bonds. The van der Waals surface area contributed by atoms with Crippen molar-refractivity contribution in [3.8, 4) is 5.75 Å². The SMILES string of the molecule is CN(CC(=O)Nc1cccc(OC(F)F)c1)c1nc2c(F)cccc2s1. The Bertz CT molecular complexity index is 933. The number of halogens is 3. The lowest BCUT2D eigenvalue weighted by Crippen LogP contribution is -2.29. The smallest absolute Gasteiger partial charge is 0.387 e. The van der Waals surface area contributed by atoms with Gasteiger partial charge in [-0.3, -0.25) is 4.79 Å². The largest absolute Gasteiger partial charge is 0.435 e. The number of thiazole rings is 1. The number of anilines is 2. The van der Waals surface area contributed by atoms with E-state index in [0.717, 1.165) is 0 Å².